The lowest BCUT2D eigenvalue weighted by Crippen LogP contribution is -2.20. The van der Waals surface area contributed by atoms with Gasteiger partial charge in [0.15, 0.2) is 6.73 Å². The summed E-state index contributed by atoms with van der Waals surface area (Å²) in [5.41, 5.74) is 2.62. The third-order valence-corrected chi connectivity index (χ3v) is 5.02. The summed E-state index contributed by atoms with van der Waals surface area (Å²) < 4.78 is 5.43. The first-order chi connectivity index (χ1) is 11.8. The average molecular weight is 345 g/mol. The van der Waals surface area contributed by atoms with Crippen molar-refractivity contribution < 1.29 is 4.74 Å². The highest BCUT2D eigenvalue weighted by Gasteiger charge is 2.17. The number of fused-ring (bicyclic) bond motifs is 2. The second-order valence-electron chi connectivity index (χ2n) is 5.19. The Morgan fingerprint density at radius 2 is 1.50 bits per heavy atom. The number of ether oxygens (including phenoxy) is 1. The van der Waals surface area contributed by atoms with Crippen LogP contribution in [0.3, 0.4) is 0 Å². The summed E-state index contributed by atoms with van der Waals surface area (Å²) in [5, 5.41) is 0. The maximum absolute atomic E-state index is 5.43. The van der Waals surface area contributed by atoms with Crippen LogP contribution in [0.15, 0.2) is 53.4 Å². The van der Waals surface area contributed by atoms with Crippen molar-refractivity contribution in [3.05, 3.63) is 48.5 Å². The molecule has 2 heterocycles. The van der Waals surface area contributed by atoms with E-state index >= 15 is 0 Å². The van der Waals surface area contributed by atoms with Crippen LogP contribution in [0.2, 0.25) is 0 Å². The summed E-state index contributed by atoms with van der Waals surface area (Å²) in [6, 6.07) is 16.7. The van der Waals surface area contributed by atoms with Crippen molar-refractivity contribution in [1.29, 1.82) is 0 Å². The zero-order valence-corrected chi connectivity index (χ0v) is 16.0. The van der Waals surface area contributed by atoms with E-state index in [2.05, 4.69) is 54.0 Å². The molecule has 2 aliphatic rings. The van der Waals surface area contributed by atoms with Gasteiger partial charge < -0.3 is 14.5 Å². The van der Waals surface area contributed by atoms with E-state index < -0.39 is 0 Å². The number of para-hydroxylation sites is 3. The minimum absolute atomic E-state index is 0.704. The van der Waals surface area contributed by atoms with Crippen molar-refractivity contribution in [2.45, 2.75) is 32.6 Å². The van der Waals surface area contributed by atoms with Gasteiger partial charge in [-0.25, -0.2) is 0 Å². The second-order valence-corrected chi connectivity index (χ2v) is 6.18. The molecule has 0 radical (unpaired) electrons. The molecular formula is C20H28N2OS. The molecule has 4 heteroatoms. The molecule has 0 saturated heterocycles. The summed E-state index contributed by atoms with van der Waals surface area (Å²) in [7, 11) is 0. The molecule has 0 spiro atoms. The monoisotopic (exact) mass is 344 g/mol. The molecule has 0 fully saturated rings. The van der Waals surface area contributed by atoms with Gasteiger partial charge in [-0.2, -0.15) is 0 Å². The Kier molecular flexibility index (Phi) is 7.32. The fourth-order valence-corrected chi connectivity index (χ4v) is 3.77. The van der Waals surface area contributed by atoms with Crippen molar-refractivity contribution in [3.63, 3.8) is 0 Å². The van der Waals surface area contributed by atoms with Crippen LogP contribution in [0.25, 0.3) is 0 Å². The highest BCUT2D eigenvalue weighted by molar-refractivity contribution is 7.99. The van der Waals surface area contributed by atoms with Crippen molar-refractivity contribution in [3.8, 4) is 5.75 Å². The van der Waals surface area contributed by atoms with Crippen molar-refractivity contribution in [2.75, 3.05) is 35.5 Å². The number of hydrogen-bond acceptors (Lipinski definition) is 4. The fraction of sp³-hybridized carbons (Fsp3) is 0.400. The fourth-order valence-electron chi connectivity index (χ4n) is 2.64. The Morgan fingerprint density at radius 3 is 2.21 bits per heavy atom. The molecule has 130 valence electrons. The molecule has 0 atom stereocenters. The first-order valence-corrected chi connectivity index (χ1v) is 9.75. The van der Waals surface area contributed by atoms with E-state index in [-0.39, 0.29) is 0 Å². The molecule has 0 N–H and O–H groups in total. The second kappa shape index (κ2) is 9.48. The van der Waals surface area contributed by atoms with Gasteiger partial charge in [0.05, 0.1) is 17.3 Å². The molecule has 24 heavy (non-hydrogen) atoms. The molecule has 0 aromatic heterocycles. The average Bonchev–Trinajstić information content (AvgIpc) is 3.27. The maximum Gasteiger partial charge on any atom is 0.161 e. The summed E-state index contributed by atoms with van der Waals surface area (Å²) >= 11 is 1.93. The Labute approximate surface area is 150 Å². The standard InChI is InChI=1S/C9H11NO.C9H11NS.C2H6/c2*1-2-10-7-11-9-6-4-3-5-8(9)10;1-2/h2*3-6H,2,7H2,1H3;1-2H3. The predicted molar refractivity (Wildman–Crippen MR) is 106 cm³/mol. The molecule has 2 aliphatic heterocycles. The van der Waals surface area contributed by atoms with Gasteiger partial charge in [-0.1, -0.05) is 38.1 Å². The van der Waals surface area contributed by atoms with E-state index in [1.54, 1.807) is 0 Å². The number of benzene rings is 2. The molecular weight excluding hydrogens is 316 g/mol. The number of hydrogen-bond donors (Lipinski definition) is 0. The van der Waals surface area contributed by atoms with E-state index in [1.807, 2.05) is 43.8 Å². The van der Waals surface area contributed by atoms with Crippen molar-refractivity contribution in [2.24, 2.45) is 0 Å². The van der Waals surface area contributed by atoms with Crippen LogP contribution in [-0.4, -0.2) is 25.7 Å². The summed E-state index contributed by atoms with van der Waals surface area (Å²) in [4.78, 5) is 6.02. The third kappa shape index (κ3) is 4.18. The van der Waals surface area contributed by atoms with Gasteiger partial charge in [0.2, 0.25) is 0 Å². The minimum atomic E-state index is 0.704. The van der Waals surface area contributed by atoms with E-state index in [9.17, 15) is 0 Å². The normalized spacial score (nSPS) is 13.8. The van der Waals surface area contributed by atoms with Gasteiger partial charge in [0.25, 0.3) is 0 Å². The Bertz CT molecular complexity index is 577. The SMILES string of the molecule is CC.CCN1COc2ccccc21.CCN1CSc2ccccc21. The van der Waals surface area contributed by atoms with Crippen molar-refractivity contribution >= 4 is 23.1 Å². The van der Waals surface area contributed by atoms with Gasteiger partial charge in [-0.15, -0.1) is 11.8 Å². The van der Waals surface area contributed by atoms with Gasteiger partial charge in [0.1, 0.15) is 5.75 Å². The zero-order valence-electron chi connectivity index (χ0n) is 15.2. The van der Waals surface area contributed by atoms with Gasteiger partial charge >= 0.3 is 0 Å². The first kappa shape index (κ1) is 18.5. The lowest BCUT2D eigenvalue weighted by atomic mass is 10.3. The van der Waals surface area contributed by atoms with Crippen LogP contribution in [0.1, 0.15) is 27.7 Å². The van der Waals surface area contributed by atoms with E-state index in [1.165, 1.54) is 16.3 Å². The molecule has 2 aromatic carbocycles. The summed E-state index contributed by atoms with van der Waals surface area (Å²) in [6.45, 7) is 11.2. The molecule has 4 rings (SSSR count). The highest BCUT2D eigenvalue weighted by Crippen LogP contribution is 2.37. The quantitative estimate of drug-likeness (QED) is 0.718. The van der Waals surface area contributed by atoms with Crippen LogP contribution in [0.4, 0.5) is 11.4 Å². The molecule has 3 nitrogen and oxygen atoms in total. The van der Waals surface area contributed by atoms with E-state index in [4.69, 9.17) is 4.74 Å². The number of thioether (sulfide) groups is 1. The Morgan fingerprint density at radius 1 is 0.875 bits per heavy atom. The summed E-state index contributed by atoms with van der Waals surface area (Å²) in [6.07, 6.45) is 0. The van der Waals surface area contributed by atoms with Crippen LogP contribution in [-0.2, 0) is 0 Å². The smallest absolute Gasteiger partial charge is 0.161 e. The molecule has 0 unspecified atom stereocenters. The van der Waals surface area contributed by atoms with Crippen molar-refractivity contribution in [1.82, 2.24) is 0 Å². The zero-order chi connectivity index (χ0) is 17.4. The van der Waals surface area contributed by atoms with Gasteiger partial charge in [-0.05, 0) is 38.1 Å². The molecule has 0 saturated carbocycles. The largest absolute Gasteiger partial charge is 0.471 e. The van der Waals surface area contributed by atoms with E-state index in [0.717, 1.165) is 24.7 Å². The third-order valence-electron chi connectivity index (χ3n) is 3.93. The Hall–Kier alpha value is -1.81. The van der Waals surface area contributed by atoms with Gasteiger partial charge in [-0.3, -0.25) is 0 Å². The Balaban J connectivity index is 0.000000158. The highest BCUT2D eigenvalue weighted by atomic mass is 32.2. The molecule has 0 aliphatic carbocycles. The number of rotatable bonds is 2. The van der Waals surface area contributed by atoms with Gasteiger partial charge in [0, 0.05) is 18.0 Å². The lowest BCUT2D eigenvalue weighted by Gasteiger charge is -2.14. The molecule has 0 bridgehead atoms. The summed E-state index contributed by atoms with van der Waals surface area (Å²) in [5.74, 6) is 2.13. The van der Waals surface area contributed by atoms with Crippen LogP contribution in [0, 0.1) is 0 Å². The first-order valence-electron chi connectivity index (χ1n) is 8.77. The topological polar surface area (TPSA) is 15.7 Å². The molecule has 0 amide bonds. The van der Waals surface area contributed by atoms with Crippen LogP contribution < -0.4 is 14.5 Å². The van der Waals surface area contributed by atoms with E-state index in [0.29, 0.717) is 6.73 Å². The number of nitrogens with zero attached hydrogens (tertiary/aromatic N) is 2. The van der Waals surface area contributed by atoms with Crippen LogP contribution in [0.5, 0.6) is 5.75 Å². The maximum atomic E-state index is 5.43. The predicted octanol–water partition coefficient (Wildman–Crippen LogP) is 5.47. The number of anilines is 2. The van der Waals surface area contributed by atoms with Crippen LogP contribution >= 0.6 is 11.8 Å². The minimum Gasteiger partial charge on any atom is -0.471 e. The lowest BCUT2D eigenvalue weighted by molar-refractivity contribution is 0.348. The molecule has 2 aromatic rings.